The Morgan fingerprint density at radius 3 is 2.35 bits per heavy atom. The van der Waals surface area contributed by atoms with E-state index in [0.29, 0.717) is 5.52 Å². The van der Waals surface area contributed by atoms with Gasteiger partial charge in [-0.05, 0) is 53.7 Å². The number of carboxylic acid groups (broad SMARTS) is 1. The van der Waals surface area contributed by atoms with Crippen LogP contribution in [-0.2, 0) is 4.43 Å². The highest BCUT2D eigenvalue weighted by Gasteiger charge is 2.40. The van der Waals surface area contributed by atoms with Crippen LogP contribution in [0.15, 0.2) is 48.9 Å². The van der Waals surface area contributed by atoms with Crippen molar-refractivity contribution in [3.63, 3.8) is 0 Å². The molecule has 2 heterocycles. The molecule has 0 fully saturated rings. The first-order valence-corrected chi connectivity index (χ1v) is 15.9. The fourth-order valence-electron chi connectivity index (χ4n) is 5.72. The van der Waals surface area contributed by atoms with Crippen LogP contribution < -0.4 is 0 Å². The third-order valence-corrected chi connectivity index (χ3v) is 12.6. The molecule has 0 saturated heterocycles. The van der Waals surface area contributed by atoms with Gasteiger partial charge >= 0.3 is 6.09 Å². The van der Waals surface area contributed by atoms with E-state index in [1.54, 1.807) is 18.5 Å². The number of aromatic amines is 1. The van der Waals surface area contributed by atoms with E-state index in [4.69, 9.17) is 4.43 Å². The van der Waals surface area contributed by atoms with Crippen LogP contribution in [0.2, 0.25) is 18.1 Å². The van der Waals surface area contributed by atoms with E-state index in [-0.39, 0.29) is 29.7 Å². The normalized spacial score (nSPS) is 14.9. The van der Waals surface area contributed by atoms with Gasteiger partial charge in [0.1, 0.15) is 5.75 Å². The Hall–Kier alpha value is -2.84. The number of hydrogen-bond acceptors (Lipinski definition) is 4. The van der Waals surface area contributed by atoms with Crippen molar-refractivity contribution in [2.75, 3.05) is 6.54 Å². The zero-order valence-electron chi connectivity index (χ0n) is 23.3. The van der Waals surface area contributed by atoms with Crippen LogP contribution in [0.4, 0.5) is 4.79 Å². The van der Waals surface area contributed by atoms with Gasteiger partial charge < -0.3 is 24.5 Å². The summed E-state index contributed by atoms with van der Waals surface area (Å²) in [5, 5.41) is 21.8. The molecule has 0 saturated carbocycles. The van der Waals surface area contributed by atoms with Gasteiger partial charge in [-0.3, -0.25) is 4.98 Å². The summed E-state index contributed by atoms with van der Waals surface area (Å²) >= 11 is 0. The minimum atomic E-state index is -2.04. The van der Waals surface area contributed by atoms with E-state index < -0.39 is 20.5 Å². The molecule has 37 heavy (non-hydrogen) atoms. The van der Waals surface area contributed by atoms with Crippen molar-refractivity contribution in [2.24, 2.45) is 5.41 Å². The Bertz CT molecular complexity index is 1160. The number of pyridine rings is 1. The van der Waals surface area contributed by atoms with Crippen LogP contribution in [0, 0.1) is 5.41 Å². The predicted molar refractivity (Wildman–Crippen MR) is 152 cm³/mol. The topological polar surface area (TPSA) is 98.7 Å². The first-order chi connectivity index (χ1) is 17.5. The number of para-hydroxylation sites is 1. The van der Waals surface area contributed by atoms with Crippen molar-refractivity contribution in [2.45, 2.75) is 84.7 Å². The highest BCUT2D eigenvalue weighted by molar-refractivity contribution is 6.73. The number of benzene rings is 1. The predicted octanol–water partition coefficient (Wildman–Crippen LogP) is 7.53. The number of aromatic hydroxyl groups is 1. The second kappa shape index (κ2) is 11.7. The second-order valence-electron chi connectivity index (χ2n) is 11.1. The highest BCUT2D eigenvalue weighted by Crippen LogP contribution is 2.44. The molecule has 1 unspecified atom stereocenters. The zero-order valence-corrected chi connectivity index (χ0v) is 24.3. The molecule has 3 rings (SSSR count). The summed E-state index contributed by atoms with van der Waals surface area (Å²) in [7, 11) is -2.04. The van der Waals surface area contributed by atoms with Gasteiger partial charge in [-0.1, -0.05) is 59.7 Å². The number of fused-ring (bicyclic) bond motifs is 1. The molecule has 202 valence electrons. The Morgan fingerprint density at radius 2 is 1.81 bits per heavy atom. The van der Waals surface area contributed by atoms with Gasteiger partial charge in [0.05, 0.1) is 18.2 Å². The molecule has 3 N–H and O–H groups in total. The Kier molecular flexibility index (Phi) is 9.08. The lowest BCUT2D eigenvalue weighted by molar-refractivity contribution is 0.0657. The van der Waals surface area contributed by atoms with E-state index in [1.165, 1.54) is 4.90 Å². The van der Waals surface area contributed by atoms with Crippen molar-refractivity contribution < 1.29 is 19.4 Å². The molecule has 0 aliphatic heterocycles. The third kappa shape index (κ3) is 6.18. The first-order valence-electron chi connectivity index (χ1n) is 13.3. The fourth-order valence-corrected chi connectivity index (χ4v) is 8.54. The van der Waals surface area contributed by atoms with Gasteiger partial charge in [0.15, 0.2) is 8.32 Å². The maximum Gasteiger partial charge on any atom is 0.407 e. The number of H-pyrrole nitrogens is 1. The number of phenolic OH excluding ortho intramolecular Hbond substituents is 1. The van der Waals surface area contributed by atoms with Gasteiger partial charge in [0.25, 0.3) is 0 Å². The quantitative estimate of drug-likeness (QED) is 0.225. The van der Waals surface area contributed by atoms with E-state index in [0.717, 1.165) is 34.6 Å². The summed E-state index contributed by atoms with van der Waals surface area (Å²) in [6.45, 7) is 15.1. The number of phenols is 1. The number of carbonyl (C=O) groups is 1. The van der Waals surface area contributed by atoms with Crippen molar-refractivity contribution in [1.82, 2.24) is 14.9 Å². The van der Waals surface area contributed by atoms with Crippen LogP contribution in [0.5, 0.6) is 5.75 Å². The van der Waals surface area contributed by atoms with Crippen LogP contribution in [0.1, 0.15) is 71.6 Å². The van der Waals surface area contributed by atoms with Gasteiger partial charge in [-0.2, -0.15) is 0 Å². The lowest BCUT2D eigenvalue weighted by Crippen LogP contribution is -2.48. The summed E-state index contributed by atoms with van der Waals surface area (Å²) in [6, 6.07) is 11.9. The SMILES string of the molecule is CC[Si](CC)(CC)O[C@H](CN(C(=O)O)[C@H](C)C(c1c[nH]c2c(O)cccc12)C(C)(C)C)c1cccnc1. The van der Waals surface area contributed by atoms with Crippen molar-refractivity contribution in [3.05, 3.63) is 60.0 Å². The van der Waals surface area contributed by atoms with E-state index >= 15 is 0 Å². The van der Waals surface area contributed by atoms with E-state index in [1.807, 2.05) is 37.4 Å². The highest BCUT2D eigenvalue weighted by atomic mass is 28.4. The molecule has 0 radical (unpaired) electrons. The minimum Gasteiger partial charge on any atom is -0.506 e. The van der Waals surface area contributed by atoms with E-state index in [9.17, 15) is 15.0 Å². The third-order valence-electron chi connectivity index (χ3n) is 7.96. The van der Waals surface area contributed by atoms with Crippen molar-refractivity contribution in [1.29, 1.82) is 0 Å². The number of amides is 1. The summed E-state index contributed by atoms with van der Waals surface area (Å²) in [5.41, 5.74) is 2.31. The Balaban J connectivity index is 2.05. The lowest BCUT2D eigenvalue weighted by atomic mass is 9.72. The van der Waals surface area contributed by atoms with E-state index in [2.05, 4.69) is 51.5 Å². The maximum absolute atomic E-state index is 12.8. The minimum absolute atomic E-state index is 0.140. The average Bonchev–Trinajstić information content (AvgIpc) is 3.29. The second-order valence-corrected chi connectivity index (χ2v) is 15.8. The van der Waals surface area contributed by atoms with Gasteiger partial charge in [-0.15, -0.1) is 0 Å². The molecule has 3 aromatic rings. The molecule has 8 heteroatoms. The summed E-state index contributed by atoms with van der Waals surface area (Å²) in [4.78, 5) is 21.9. The summed E-state index contributed by atoms with van der Waals surface area (Å²) in [6.07, 6.45) is 4.06. The van der Waals surface area contributed by atoms with Crippen molar-refractivity contribution in [3.8, 4) is 5.75 Å². The number of hydrogen-bond donors (Lipinski definition) is 3. The molecular formula is C29H43N3O4Si. The molecular weight excluding hydrogens is 482 g/mol. The number of nitrogens with one attached hydrogen (secondary N) is 1. The van der Waals surface area contributed by atoms with Crippen LogP contribution in [-0.4, -0.2) is 52.1 Å². The summed E-state index contributed by atoms with van der Waals surface area (Å²) in [5.74, 6) is 0.0448. The van der Waals surface area contributed by atoms with Crippen LogP contribution in [0.3, 0.4) is 0 Å². The fraction of sp³-hybridized carbons (Fsp3) is 0.517. The monoisotopic (exact) mass is 525 g/mol. The van der Waals surface area contributed by atoms with Crippen LogP contribution in [0.25, 0.3) is 10.9 Å². The van der Waals surface area contributed by atoms with Gasteiger partial charge in [-0.25, -0.2) is 4.79 Å². The number of nitrogens with zero attached hydrogens (tertiary/aromatic N) is 2. The smallest absolute Gasteiger partial charge is 0.407 e. The Morgan fingerprint density at radius 1 is 1.14 bits per heavy atom. The molecule has 0 spiro atoms. The van der Waals surface area contributed by atoms with Gasteiger partial charge in [0, 0.05) is 35.9 Å². The molecule has 7 nitrogen and oxygen atoms in total. The van der Waals surface area contributed by atoms with Gasteiger partial charge in [0.2, 0.25) is 0 Å². The Labute approximate surface area is 222 Å². The van der Waals surface area contributed by atoms with Crippen LogP contribution >= 0.6 is 0 Å². The molecule has 0 aliphatic rings. The maximum atomic E-state index is 12.8. The standard InChI is InChI=1S/C29H43N3O4Si/c1-8-37(9-2,10-3)36-25(21-13-12-16-30-17-21)19-32(28(34)35)20(4)26(29(5,6)7)23-18-31-27-22(23)14-11-15-24(27)33/h11-18,20,25-26,31,33H,8-10,19H2,1-7H3,(H,34,35)/t20-,25-,26?/m1/s1. The number of rotatable bonds is 11. The molecule has 2 aromatic heterocycles. The molecule has 1 aromatic carbocycles. The first kappa shape index (κ1) is 28.7. The van der Waals surface area contributed by atoms with Crippen molar-refractivity contribution >= 4 is 25.3 Å². The molecule has 1 amide bonds. The average molecular weight is 526 g/mol. The molecule has 0 bridgehead atoms. The zero-order chi connectivity index (χ0) is 27.4. The largest absolute Gasteiger partial charge is 0.506 e. The number of aromatic nitrogens is 2. The summed E-state index contributed by atoms with van der Waals surface area (Å²) < 4.78 is 6.90. The molecule has 3 atom stereocenters. The lowest BCUT2D eigenvalue weighted by Gasteiger charge is -2.42. The molecule has 0 aliphatic carbocycles.